The quantitative estimate of drug-likeness (QED) is 0.267. The molecule has 11 heteroatoms. The third kappa shape index (κ3) is 6.54. The molecule has 0 saturated heterocycles. The highest BCUT2D eigenvalue weighted by Gasteiger charge is 2.32. The molecule has 2 atom stereocenters. The van der Waals surface area contributed by atoms with Crippen LogP contribution in [0.3, 0.4) is 0 Å². The number of aromatic hydroxyl groups is 2. The topological polar surface area (TPSA) is 177 Å². The molecule has 0 aromatic heterocycles. The van der Waals surface area contributed by atoms with Crippen LogP contribution in [0.4, 0.5) is 5.69 Å². The van der Waals surface area contributed by atoms with Crippen LogP contribution in [0.25, 0.3) is 0 Å². The Morgan fingerprint density at radius 1 is 1.15 bits per heavy atom. The number of nitrogens with zero attached hydrogens (tertiary/aromatic N) is 1. The van der Waals surface area contributed by atoms with E-state index >= 15 is 0 Å². The summed E-state index contributed by atoms with van der Waals surface area (Å²) in [6.45, 7) is 5.83. The predicted octanol–water partition coefficient (Wildman–Crippen LogP) is 0.893. The summed E-state index contributed by atoms with van der Waals surface area (Å²) in [5, 5.41) is 25.6. The zero-order valence-corrected chi connectivity index (χ0v) is 20.0. The average molecular weight is 490 g/mol. The van der Waals surface area contributed by atoms with Crippen LogP contribution >= 0.6 is 0 Å². The molecule has 2 aromatic rings. The number of primary amides is 1. The lowest BCUT2D eigenvalue weighted by Gasteiger charge is -2.26. The van der Waals surface area contributed by atoms with E-state index in [0.717, 1.165) is 16.8 Å². The fraction of sp³-hybridized carbons (Fsp3) is 0.391. The van der Waals surface area contributed by atoms with E-state index < -0.39 is 29.2 Å². The van der Waals surface area contributed by atoms with Crippen molar-refractivity contribution in [1.82, 2.24) is 9.62 Å². The molecule has 0 saturated carbocycles. The van der Waals surface area contributed by atoms with Gasteiger partial charge in [-0.1, -0.05) is 19.9 Å². The number of amides is 2. The van der Waals surface area contributed by atoms with Gasteiger partial charge in [0.2, 0.25) is 16.7 Å². The maximum absolute atomic E-state index is 12.9. The van der Waals surface area contributed by atoms with Crippen LogP contribution in [0.1, 0.15) is 31.4 Å². The number of phenolic OH excluding ortho intramolecular Hbond substituents is 2. The lowest BCUT2D eigenvalue weighted by atomic mass is 9.93. The fourth-order valence-electron chi connectivity index (χ4n) is 3.55. The van der Waals surface area contributed by atoms with Crippen LogP contribution in [0.2, 0.25) is 0 Å². The van der Waals surface area contributed by atoms with Crippen molar-refractivity contribution in [2.45, 2.75) is 44.3 Å². The Morgan fingerprint density at radius 3 is 2.53 bits per heavy atom. The van der Waals surface area contributed by atoms with Crippen LogP contribution in [0.15, 0.2) is 41.3 Å². The number of carbonyl (C=O) groups is 2. The second-order valence-corrected chi connectivity index (χ2v) is 10.6. The van der Waals surface area contributed by atoms with Crippen LogP contribution < -0.4 is 22.1 Å². The van der Waals surface area contributed by atoms with Gasteiger partial charge in [-0.2, -0.15) is 0 Å². The van der Waals surface area contributed by atoms with Crippen molar-refractivity contribution in [3.8, 4) is 11.5 Å². The molecule has 184 valence electrons. The Labute approximate surface area is 201 Å². The van der Waals surface area contributed by atoms with E-state index in [1.165, 1.54) is 18.2 Å². The number of phenols is 2. The molecule has 8 N–H and O–H groups in total. The maximum Gasteiger partial charge on any atom is 0.237 e. The van der Waals surface area contributed by atoms with Gasteiger partial charge < -0.3 is 36.9 Å². The van der Waals surface area contributed by atoms with Crippen molar-refractivity contribution in [3.63, 3.8) is 0 Å². The van der Waals surface area contributed by atoms with Gasteiger partial charge in [-0.05, 0) is 34.7 Å². The van der Waals surface area contributed by atoms with Crippen molar-refractivity contribution in [3.05, 3.63) is 47.5 Å². The fourth-order valence-corrected chi connectivity index (χ4v) is 4.77. The molecule has 3 rings (SSSR count). The van der Waals surface area contributed by atoms with Crippen LogP contribution in [0.5, 0.6) is 11.5 Å². The van der Waals surface area contributed by atoms with Gasteiger partial charge in [-0.3, -0.25) is 9.59 Å². The van der Waals surface area contributed by atoms with Gasteiger partial charge in [0.25, 0.3) is 0 Å². The molecule has 1 unspecified atom stereocenters. The minimum Gasteiger partial charge on any atom is -0.593 e. The first-order valence-electron chi connectivity index (χ1n) is 10.8. The Balaban J connectivity index is 1.55. The maximum atomic E-state index is 12.9. The minimum absolute atomic E-state index is 0.0883. The van der Waals surface area contributed by atoms with E-state index in [1.807, 2.05) is 32.0 Å². The average Bonchev–Trinajstić information content (AvgIpc) is 3.19. The van der Waals surface area contributed by atoms with Crippen molar-refractivity contribution in [1.29, 1.82) is 0 Å². The smallest absolute Gasteiger partial charge is 0.237 e. The molecular weight excluding hydrogens is 458 g/mol. The lowest BCUT2D eigenvalue weighted by Crippen LogP contribution is -2.46. The second kappa shape index (κ2) is 10.5. The van der Waals surface area contributed by atoms with Gasteiger partial charge in [0, 0.05) is 30.9 Å². The summed E-state index contributed by atoms with van der Waals surface area (Å²) in [6, 6.07) is 8.99. The van der Waals surface area contributed by atoms with E-state index in [0.29, 0.717) is 26.2 Å². The number of carbonyl (C=O) groups excluding carboxylic acids is 2. The Kier molecular flexibility index (Phi) is 7.93. The molecule has 0 fully saturated rings. The lowest BCUT2D eigenvalue weighted by molar-refractivity contribution is -0.126. The monoisotopic (exact) mass is 489 g/mol. The van der Waals surface area contributed by atoms with Gasteiger partial charge in [0.1, 0.15) is 5.75 Å². The van der Waals surface area contributed by atoms with E-state index in [1.54, 1.807) is 4.31 Å². The Bertz CT molecular complexity index is 1060. The summed E-state index contributed by atoms with van der Waals surface area (Å²) in [7, 11) is 0. The molecule has 0 aliphatic carbocycles. The Hall–Kier alpha value is -2.99. The highest BCUT2D eigenvalue weighted by Crippen LogP contribution is 2.34. The van der Waals surface area contributed by atoms with Crippen LogP contribution in [-0.4, -0.2) is 50.0 Å². The number of fused-ring (bicyclic) bond motifs is 1. The first-order valence-corrected chi connectivity index (χ1v) is 11.9. The van der Waals surface area contributed by atoms with Gasteiger partial charge in [-0.25, -0.2) is 0 Å². The van der Waals surface area contributed by atoms with Gasteiger partial charge in [-0.15, -0.1) is 4.31 Å². The molecule has 0 bridgehead atoms. The molecule has 1 heterocycles. The van der Waals surface area contributed by atoms with E-state index in [-0.39, 0.29) is 28.2 Å². The summed E-state index contributed by atoms with van der Waals surface area (Å²) in [5.41, 5.74) is 13.4. The zero-order valence-electron chi connectivity index (χ0n) is 19.2. The summed E-state index contributed by atoms with van der Waals surface area (Å²) in [6.07, 6.45) is -0.201. The molecule has 2 amide bonds. The molecule has 1 aliphatic heterocycles. The van der Waals surface area contributed by atoms with E-state index in [9.17, 15) is 24.4 Å². The third-order valence-corrected chi connectivity index (χ3v) is 6.98. The van der Waals surface area contributed by atoms with Gasteiger partial charge in [0.15, 0.2) is 5.75 Å². The van der Waals surface area contributed by atoms with Crippen LogP contribution in [0, 0.1) is 5.41 Å². The van der Waals surface area contributed by atoms with Crippen molar-refractivity contribution in [2.24, 2.45) is 16.9 Å². The van der Waals surface area contributed by atoms with Gasteiger partial charge in [0.05, 0.1) is 36.9 Å². The zero-order chi connectivity index (χ0) is 25.0. The number of hydrogen-bond donors (Lipinski definition) is 6. The molecular formula is C23H31N5O5S. The summed E-state index contributed by atoms with van der Waals surface area (Å²) >= 11 is -1.57. The predicted molar refractivity (Wildman–Crippen MR) is 129 cm³/mol. The van der Waals surface area contributed by atoms with Crippen molar-refractivity contribution >= 4 is 28.9 Å². The number of hydrogen-bond acceptors (Lipinski definition) is 8. The number of benzene rings is 2. The normalized spacial score (nSPS) is 15.4. The van der Waals surface area contributed by atoms with E-state index in [2.05, 4.69) is 10.6 Å². The van der Waals surface area contributed by atoms with Crippen LogP contribution in [-0.2, 0) is 34.0 Å². The summed E-state index contributed by atoms with van der Waals surface area (Å²) < 4.78 is 14.7. The molecule has 1 aliphatic rings. The molecule has 10 nitrogen and oxygen atoms in total. The third-order valence-electron chi connectivity index (χ3n) is 5.53. The first kappa shape index (κ1) is 25.6. The van der Waals surface area contributed by atoms with Crippen molar-refractivity contribution < 1.29 is 24.4 Å². The standard InChI is InChI=1S/C23H31N5O5S/c1-23(2,13-27-22(32)18(24)9-21(25)31)12-26-16-4-3-14-10-28(11-15(14)7-16)34(33)20-6-5-17(29)8-19(20)30/h3-8,18,26,29-30H,9-13,24H2,1-2H3,(H2,25,31)(H,27,32)/t18-,34?/m1/s1. The summed E-state index contributed by atoms with van der Waals surface area (Å²) in [5.74, 6) is -1.34. The molecule has 0 radical (unpaired) electrons. The highest BCUT2D eigenvalue weighted by atomic mass is 32.2. The van der Waals surface area contributed by atoms with Gasteiger partial charge >= 0.3 is 0 Å². The van der Waals surface area contributed by atoms with E-state index in [4.69, 9.17) is 11.5 Å². The number of anilines is 1. The Morgan fingerprint density at radius 2 is 1.85 bits per heavy atom. The highest BCUT2D eigenvalue weighted by molar-refractivity contribution is 7.89. The number of nitrogens with two attached hydrogens (primary N) is 2. The second-order valence-electron chi connectivity index (χ2n) is 9.20. The van der Waals surface area contributed by atoms with Crippen molar-refractivity contribution in [2.75, 3.05) is 18.4 Å². The minimum atomic E-state index is -1.57. The summed E-state index contributed by atoms with van der Waals surface area (Å²) in [4.78, 5) is 23.2. The SMILES string of the molecule is CC(C)(CNC(=O)[C@H](N)CC(N)=O)CNc1ccc2c(c1)CN([S+]([O-])c1ccc(O)cc1O)C2. The largest absolute Gasteiger partial charge is 0.593 e. The first-order chi connectivity index (χ1) is 15.9. The molecule has 34 heavy (non-hydrogen) atoms. The molecule has 2 aromatic carbocycles. The number of rotatable bonds is 10. The number of nitrogens with one attached hydrogen (secondary N) is 2. The molecule has 0 spiro atoms.